The van der Waals surface area contributed by atoms with Crippen LogP contribution in [0.15, 0.2) is 109 Å². The third-order valence-corrected chi connectivity index (χ3v) is 10.1. The van der Waals surface area contributed by atoms with Crippen molar-refractivity contribution in [1.82, 2.24) is 0 Å². The van der Waals surface area contributed by atoms with Crippen molar-refractivity contribution in [2.75, 3.05) is 0 Å². The molecule has 6 aromatic carbocycles. The molecule has 0 aliphatic rings. The van der Waals surface area contributed by atoms with Gasteiger partial charge in [0.05, 0.1) is 0 Å². The molecule has 0 aromatic heterocycles. The van der Waals surface area contributed by atoms with Crippen molar-refractivity contribution in [1.29, 1.82) is 0 Å². The molecule has 0 unspecified atom stereocenters. The average Bonchev–Trinajstić information content (AvgIpc) is 3.69. The Labute approximate surface area is 378 Å². The van der Waals surface area contributed by atoms with Crippen LogP contribution in [0.25, 0.3) is 43.8 Å². The number of hydrogen-bond acceptors (Lipinski definition) is 0. The standard InChI is InChI=1S/C22H16F9.C20H12F9.2ClH.Zr/c1-12(2)15-10-14-4-3-5-17(18(14)11-15)13-6-8-16(9-7-13)19(20(23,24)25,21(26,27)28)22(29,30)31;1-11-9-13-3-2-4-15(16(13)10-11)12-5-7-14(8-6-12)17(18(21,22)23,19(24,25)26)20(27,28)29;;;/h3-12H,1-2H3;2-10H,1H3;2*1H;/q2*-1;;;+4/p-2. The van der Waals surface area contributed by atoms with Gasteiger partial charge in [-0.1, -0.05) is 92.6 Å². The van der Waals surface area contributed by atoms with Crippen molar-refractivity contribution in [3.63, 3.8) is 0 Å². The SMILES string of the molecule is CC(C)c1cc2c(-c3ccc(C(C(F)(F)F)(C(F)(F)F)C(F)(F)F)cc3)cccc2[cH-]1.Cc1cc2c(-c3ccc(C(C(F)(F)F)(C(F)(F)F)C(F)(F)F)cc3)cccc2[cH-]1.[Cl-].[Cl-].[Zr+4]. The Bertz CT molecular complexity index is 2370. The summed E-state index contributed by atoms with van der Waals surface area (Å²) in [6, 6.07) is 21.7. The summed E-state index contributed by atoms with van der Waals surface area (Å²) in [4.78, 5) is 0. The summed E-state index contributed by atoms with van der Waals surface area (Å²) in [7, 11) is 0. The fraction of sp³-hybridized carbons (Fsp3) is 0.286. The number of aryl methyl sites for hydroxylation is 1. The van der Waals surface area contributed by atoms with Crippen LogP contribution in [0.3, 0.4) is 0 Å². The summed E-state index contributed by atoms with van der Waals surface area (Å²) < 4.78 is 239. The quantitative estimate of drug-likeness (QED) is 0.119. The largest absolute Gasteiger partial charge is 4.00 e. The van der Waals surface area contributed by atoms with Gasteiger partial charge in [0.25, 0.3) is 10.8 Å². The van der Waals surface area contributed by atoms with E-state index in [-0.39, 0.29) is 92.3 Å². The number of rotatable bonds is 5. The zero-order chi connectivity index (χ0) is 45.2. The molecule has 0 saturated heterocycles. The molecule has 0 fully saturated rings. The van der Waals surface area contributed by atoms with Gasteiger partial charge in [0.2, 0.25) is 0 Å². The molecule has 0 radical (unpaired) electrons. The molecule has 6 aromatic rings. The Hall–Kier alpha value is -3.70. The van der Waals surface area contributed by atoms with Crippen molar-refractivity contribution in [3.05, 3.63) is 131 Å². The van der Waals surface area contributed by atoms with E-state index >= 15 is 0 Å². The smallest absolute Gasteiger partial charge is 1.00 e. The van der Waals surface area contributed by atoms with Crippen LogP contribution in [-0.4, -0.2) is 37.1 Å². The molecular weight excluding hydrogens is 1010 g/mol. The van der Waals surface area contributed by atoms with Crippen LogP contribution in [0.1, 0.15) is 42.0 Å². The van der Waals surface area contributed by atoms with E-state index in [1.807, 2.05) is 32.0 Å². The van der Waals surface area contributed by atoms with E-state index in [9.17, 15) is 79.0 Å². The Morgan fingerprint density at radius 1 is 0.413 bits per heavy atom. The van der Waals surface area contributed by atoms with Crippen LogP contribution in [0.5, 0.6) is 0 Å². The molecule has 21 heteroatoms. The fourth-order valence-corrected chi connectivity index (χ4v) is 7.23. The molecule has 0 aliphatic heterocycles. The monoisotopic (exact) mass is 1030 g/mol. The van der Waals surface area contributed by atoms with E-state index in [1.165, 1.54) is 0 Å². The van der Waals surface area contributed by atoms with E-state index in [2.05, 4.69) is 0 Å². The summed E-state index contributed by atoms with van der Waals surface area (Å²) in [5.74, 6) is 0.175. The van der Waals surface area contributed by atoms with Crippen LogP contribution >= 0.6 is 0 Å². The first-order valence-corrected chi connectivity index (χ1v) is 17.3. The molecule has 0 bridgehead atoms. The first kappa shape index (κ1) is 55.4. The molecule has 340 valence electrons. The average molecular weight is 1040 g/mol. The number of alkyl halides is 18. The molecule has 0 spiro atoms. The Kier molecular flexibility index (Phi) is 16.4. The molecular formula is C42H28Cl2F18Zr. The predicted molar refractivity (Wildman–Crippen MR) is 188 cm³/mol. The number of fused-ring (bicyclic) bond motifs is 2. The Morgan fingerprint density at radius 3 is 1.02 bits per heavy atom. The van der Waals surface area contributed by atoms with Crippen LogP contribution in [0, 0.1) is 6.92 Å². The molecule has 0 atom stereocenters. The molecule has 0 amide bonds. The van der Waals surface area contributed by atoms with Gasteiger partial charge in [-0.3, -0.25) is 0 Å². The van der Waals surface area contributed by atoms with Gasteiger partial charge in [-0.25, -0.2) is 0 Å². The zero-order valence-electron chi connectivity index (χ0n) is 32.0. The number of hydrogen-bond donors (Lipinski definition) is 0. The molecule has 0 saturated carbocycles. The van der Waals surface area contributed by atoms with E-state index in [0.717, 1.165) is 46.2 Å². The fourth-order valence-electron chi connectivity index (χ4n) is 7.23. The summed E-state index contributed by atoms with van der Waals surface area (Å²) in [5.41, 5.74) is -12.6. The maximum atomic E-state index is 13.3. The van der Waals surface area contributed by atoms with E-state index in [4.69, 9.17) is 0 Å². The maximum absolute atomic E-state index is 13.3. The summed E-state index contributed by atoms with van der Waals surface area (Å²) in [6.45, 7) is 5.71. The minimum Gasteiger partial charge on any atom is -1.00 e. The second kappa shape index (κ2) is 18.7. The van der Waals surface area contributed by atoms with Gasteiger partial charge in [-0.05, 0) is 28.2 Å². The van der Waals surface area contributed by atoms with E-state index in [0.29, 0.717) is 21.9 Å². The molecule has 0 aliphatic carbocycles. The summed E-state index contributed by atoms with van der Waals surface area (Å²) in [5, 5.41) is 2.99. The maximum Gasteiger partial charge on any atom is 4.00 e. The minimum absolute atomic E-state index is 0. The second-order valence-corrected chi connectivity index (χ2v) is 14.2. The van der Waals surface area contributed by atoms with E-state index in [1.54, 1.807) is 49.4 Å². The van der Waals surface area contributed by atoms with Crippen LogP contribution in [0.2, 0.25) is 0 Å². The number of halogens is 20. The van der Waals surface area contributed by atoms with Crippen molar-refractivity contribution in [2.24, 2.45) is 0 Å². The molecule has 0 heterocycles. The minimum atomic E-state index is -6.64. The van der Waals surface area contributed by atoms with E-state index < -0.39 is 59.0 Å². The summed E-state index contributed by atoms with van der Waals surface area (Å²) in [6.07, 6.45) is -39.8. The van der Waals surface area contributed by atoms with Crippen LogP contribution < -0.4 is 24.8 Å². The van der Waals surface area contributed by atoms with Gasteiger partial charge in [-0.15, -0.1) is 69.1 Å². The first-order valence-electron chi connectivity index (χ1n) is 17.3. The van der Waals surface area contributed by atoms with Gasteiger partial charge in [0.15, 0.2) is 0 Å². The second-order valence-electron chi connectivity index (χ2n) is 14.2. The zero-order valence-corrected chi connectivity index (χ0v) is 36.0. The van der Waals surface area contributed by atoms with Gasteiger partial charge in [0.1, 0.15) is 0 Å². The van der Waals surface area contributed by atoms with Gasteiger partial charge < -0.3 is 24.8 Å². The molecule has 0 nitrogen and oxygen atoms in total. The third-order valence-electron chi connectivity index (χ3n) is 10.1. The van der Waals surface area contributed by atoms with Crippen molar-refractivity contribution in [2.45, 2.75) is 74.6 Å². The Balaban J connectivity index is 0.000000415. The van der Waals surface area contributed by atoms with Gasteiger partial charge >= 0.3 is 63.3 Å². The van der Waals surface area contributed by atoms with Crippen LogP contribution in [-0.2, 0) is 37.0 Å². The number of benzene rings is 4. The molecule has 6 rings (SSSR count). The third kappa shape index (κ3) is 9.66. The molecule has 0 N–H and O–H groups in total. The Morgan fingerprint density at radius 2 is 0.714 bits per heavy atom. The van der Waals surface area contributed by atoms with Crippen molar-refractivity contribution >= 4 is 21.5 Å². The predicted octanol–water partition coefficient (Wildman–Crippen LogP) is 9.74. The first-order chi connectivity index (χ1) is 27.3. The van der Waals surface area contributed by atoms with Gasteiger partial charge in [-0.2, -0.15) is 91.2 Å². The van der Waals surface area contributed by atoms with Crippen molar-refractivity contribution < 1.29 is 130 Å². The topological polar surface area (TPSA) is 0 Å². The van der Waals surface area contributed by atoms with Gasteiger partial charge in [0, 0.05) is 0 Å². The molecule has 63 heavy (non-hydrogen) atoms. The van der Waals surface area contributed by atoms with Crippen molar-refractivity contribution in [3.8, 4) is 22.3 Å². The normalized spacial score (nSPS) is 13.2. The van der Waals surface area contributed by atoms with Crippen LogP contribution in [0.4, 0.5) is 79.0 Å². The summed E-state index contributed by atoms with van der Waals surface area (Å²) >= 11 is 0.